The van der Waals surface area contributed by atoms with E-state index in [1.54, 1.807) is 0 Å². The van der Waals surface area contributed by atoms with Crippen LogP contribution < -0.4 is 0 Å². The van der Waals surface area contributed by atoms with Gasteiger partial charge in [-0.15, -0.1) is 0 Å². The highest BCUT2D eigenvalue weighted by atomic mass is 32.1. The van der Waals surface area contributed by atoms with Gasteiger partial charge in [0.05, 0.1) is 6.17 Å². The third-order valence-corrected chi connectivity index (χ3v) is 1.43. The molecule has 0 bridgehead atoms. The van der Waals surface area contributed by atoms with Crippen LogP contribution in [-0.4, -0.2) is 11.9 Å². The normalized spacial score (nSPS) is 13.9. The van der Waals surface area contributed by atoms with Crippen LogP contribution in [-0.2, 0) is 0 Å². The summed E-state index contributed by atoms with van der Waals surface area (Å²) < 4.78 is 12.3. The van der Waals surface area contributed by atoms with Crippen LogP contribution in [0.15, 0.2) is 0 Å². The molecule has 0 rings (SSSR count). The summed E-state index contributed by atoms with van der Waals surface area (Å²) in [6.07, 6.45) is 1.63. The Balaban J connectivity index is 2.86. The summed E-state index contributed by atoms with van der Waals surface area (Å²) in [5, 5.41) is 0. The predicted octanol–water partition coefficient (Wildman–Crippen LogP) is 2.44. The van der Waals surface area contributed by atoms with Gasteiger partial charge in [-0.25, -0.2) is 4.39 Å². The van der Waals surface area contributed by atoms with Crippen molar-refractivity contribution in [3.63, 3.8) is 0 Å². The highest BCUT2D eigenvalue weighted by molar-refractivity contribution is 7.80. The topological polar surface area (TPSA) is 0 Å². The minimum Gasteiger partial charge on any atom is -0.248 e. The number of hydrogen-bond acceptors (Lipinski definition) is 1. The van der Waals surface area contributed by atoms with Gasteiger partial charge in [0.1, 0.15) is 0 Å². The number of hydrogen-bond donors (Lipinski definition) is 1. The average molecular weight is 136 g/mol. The molecule has 0 amide bonds. The van der Waals surface area contributed by atoms with Crippen LogP contribution in [0, 0.1) is 0 Å². The lowest BCUT2D eigenvalue weighted by molar-refractivity contribution is 0.304. The first-order chi connectivity index (χ1) is 3.81. The van der Waals surface area contributed by atoms with Crippen LogP contribution in [0.3, 0.4) is 0 Å². The number of halogens is 1. The van der Waals surface area contributed by atoms with Gasteiger partial charge in [-0.05, 0) is 25.0 Å². The van der Waals surface area contributed by atoms with E-state index >= 15 is 0 Å². The average Bonchev–Trinajstić information content (AvgIpc) is 1.83. The molecule has 0 fully saturated rings. The second-order valence-corrected chi connectivity index (χ2v) is 2.32. The fourth-order valence-corrected chi connectivity index (χ4v) is 0.699. The molecule has 0 aliphatic heterocycles. The molecule has 0 saturated carbocycles. The lowest BCUT2D eigenvalue weighted by atomic mass is 10.2. The van der Waals surface area contributed by atoms with Crippen molar-refractivity contribution in [1.29, 1.82) is 0 Å². The maximum Gasteiger partial charge on any atom is 0.0999 e. The molecule has 2 heteroatoms. The monoisotopic (exact) mass is 136 g/mol. The molecular weight excluding hydrogens is 123 g/mol. The summed E-state index contributed by atoms with van der Waals surface area (Å²) in [4.78, 5) is 0. The van der Waals surface area contributed by atoms with E-state index in [1.807, 2.05) is 6.92 Å². The predicted molar refractivity (Wildman–Crippen MR) is 38.3 cm³/mol. The molecule has 0 aliphatic rings. The Bertz CT molecular complexity index is 47.8. The first-order valence-electron chi connectivity index (χ1n) is 3.06. The van der Waals surface area contributed by atoms with Gasteiger partial charge >= 0.3 is 0 Å². The van der Waals surface area contributed by atoms with Crippen LogP contribution >= 0.6 is 12.6 Å². The lowest BCUT2D eigenvalue weighted by Crippen LogP contribution is -1.96. The number of rotatable bonds is 4. The molecule has 1 atom stereocenters. The van der Waals surface area contributed by atoms with E-state index in [0.29, 0.717) is 12.8 Å². The summed E-state index contributed by atoms with van der Waals surface area (Å²) in [5.74, 6) is 0.806. The summed E-state index contributed by atoms with van der Waals surface area (Å²) in [7, 11) is 0. The van der Waals surface area contributed by atoms with Gasteiger partial charge in [-0.3, -0.25) is 0 Å². The fourth-order valence-electron chi connectivity index (χ4n) is 0.517. The van der Waals surface area contributed by atoms with E-state index in [2.05, 4.69) is 12.6 Å². The van der Waals surface area contributed by atoms with E-state index in [0.717, 1.165) is 12.2 Å². The number of alkyl halides is 1. The van der Waals surface area contributed by atoms with E-state index in [-0.39, 0.29) is 0 Å². The second-order valence-electron chi connectivity index (χ2n) is 1.87. The highest BCUT2D eigenvalue weighted by Crippen LogP contribution is 2.05. The van der Waals surface area contributed by atoms with Crippen molar-refractivity contribution in [1.82, 2.24) is 0 Å². The first kappa shape index (κ1) is 8.28. The largest absolute Gasteiger partial charge is 0.248 e. The van der Waals surface area contributed by atoms with Gasteiger partial charge in [0, 0.05) is 0 Å². The van der Waals surface area contributed by atoms with Crippen LogP contribution in [0.4, 0.5) is 4.39 Å². The van der Waals surface area contributed by atoms with Crippen molar-refractivity contribution in [2.75, 3.05) is 5.75 Å². The maximum absolute atomic E-state index is 12.3. The third-order valence-electron chi connectivity index (χ3n) is 1.12. The molecule has 0 aromatic carbocycles. The molecule has 50 valence electrons. The van der Waals surface area contributed by atoms with Gasteiger partial charge in [0.2, 0.25) is 0 Å². The molecule has 0 spiro atoms. The molecule has 0 aliphatic carbocycles. The SMILES string of the molecule is CCC(F)CCCS. The van der Waals surface area contributed by atoms with E-state index < -0.39 is 6.17 Å². The number of thiol groups is 1. The van der Waals surface area contributed by atoms with Crippen molar-refractivity contribution in [2.45, 2.75) is 32.4 Å². The summed E-state index contributed by atoms with van der Waals surface area (Å²) in [5.41, 5.74) is 0. The van der Waals surface area contributed by atoms with Crippen molar-refractivity contribution in [2.24, 2.45) is 0 Å². The zero-order valence-electron chi connectivity index (χ0n) is 5.23. The van der Waals surface area contributed by atoms with Gasteiger partial charge in [0.25, 0.3) is 0 Å². The molecule has 8 heavy (non-hydrogen) atoms. The van der Waals surface area contributed by atoms with E-state index in [1.165, 1.54) is 0 Å². The van der Waals surface area contributed by atoms with Crippen LogP contribution in [0.25, 0.3) is 0 Å². The maximum atomic E-state index is 12.3. The van der Waals surface area contributed by atoms with E-state index in [4.69, 9.17) is 0 Å². The summed E-state index contributed by atoms with van der Waals surface area (Å²) in [6, 6.07) is 0. The standard InChI is InChI=1S/C6H13FS/c1-2-6(7)4-3-5-8/h6,8H,2-5H2,1H3. The smallest absolute Gasteiger partial charge is 0.0999 e. The Morgan fingerprint density at radius 2 is 2.25 bits per heavy atom. The molecule has 1 unspecified atom stereocenters. The molecular formula is C6H13FS. The first-order valence-corrected chi connectivity index (χ1v) is 3.69. The zero-order chi connectivity index (χ0) is 6.41. The Morgan fingerprint density at radius 3 is 2.62 bits per heavy atom. The Labute approximate surface area is 55.9 Å². The second kappa shape index (κ2) is 5.42. The molecule has 0 aromatic heterocycles. The minimum absolute atomic E-state index is 0.595. The van der Waals surface area contributed by atoms with Gasteiger partial charge in [-0.2, -0.15) is 12.6 Å². The molecule has 0 radical (unpaired) electrons. The van der Waals surface area contributed by atoms with Crippen LogP contribution in [0.5, 0.6) is 0 Å². The van der Waals surface area contributed by atoms with Crippen molar-refractivity contribution < 1.29 is 4.39 Å². The molecule has 0 heterocycles. The minimum atomic E-state index is -0.595. The Kier molecular flexibility index (Phi) is 5.61. The lowest BCUT2D eigenvalue weighted by Gasteiger charge is -2.00. The molecule has 0 N–H and O–H groups in total. The molecule has 0 nitrogen and oxygen atoms in total. The third kappa shape index (κ3) is 4.44. The zero-order valence-corrected chi connectivity index (χ0v) is 6.13. The van der Waals surface area contributed by atoms with Crippen molar-refractivity contribution in [3.05, 3.63) is 0 Å². The fraction of sp³-hybridized carbons (Fsp3) is 1.00. The van der Waals surface area contributed by atoms with Gasteiger partial charge in [0.15, 0.2) is 0 Å². The van der Waals surface area contributed by atoms with Crippen LogP contribution in [0.1, 0.15) is 26.2 Å². The van der Waals surface area contributed by atoms with Gasteiger partial charge in [-0.1, -0.05) is 6.92 Å². The van der Waals surface area contributed by atoms with Crippen molar-refractivity contribution in [3.8, 4) is 0 Å². The molecule has 0 saturated heterocycles. The summed E-state index contributed by atoms with van der Waals surface area (Å²) >= 11 is 3.97. The van der Waals surface area contributed by atoms with Gasteiger partial charge < -0.3 is 0 Å². The summed E-state index contributed by atoms with van der Waals surface area (Å²) in [6.45, 7) is 1.86. The molecule has 0 aromatic rings. The quantitative estimate of drug-likeness (QED) is 0.564. The highest BCUT2D eigenvalue weighted by Gasteiger charge is 1.99. The van der Waals surface area contributed by atoms with Crippen LogP contribution in [0.2, 0.25) is 0 Å². The Hall–Kier alpha value is 0.280. The van der Waals surface area contributed by atoms with E-state index in [9.17, 15) is 4.39 Å². The Morgan fingerprint density at radius 1 is 1.62 bits per heavy atom. The van der Waals surface area contributed by atoms with Crippen molar-refractivity contribution >= 4 is 12.6 Å².